The summed E-state index contributed by atoms with van der Waals surface area (Å²) in [5.74, 6) is -0.634. The molecular formula is C18H18O4S. The van der Waals surface area contributed by atoms with Crippen LogP contribution in [0.2, 0.25) is 0 Å². The molecule has 0 aliphatic rings. The van der Waals surface area contributed by atoms with E-state index in [9.17, 15) is 9.59 Å². The molecule has 0 radical (unpaired) electrons. The molecule has 120 valence electrons. The normalized spacial score (nSPS) is 10.2. The summed E-state index contributed by atoms with van der Waals surface area (Å²) in [5.41, 5.74) is 1.07. The maximum Gasteiger partial charge on any atom is 0.338 e. The lowest BCUT2D eigenvalue weighted by atomic mass is 10.2. The maximum absolute atomic E-state index is 11.6. The van der Waals surface area contributed by atoms with Gasteiger partial charge in [-0.05, 0) is 62.4 Å². The zero-order valence-corrected chi connectivity index (χ0v) is 13.9. The molecule has 0 atom stereocenters. The highest BCUT2D eigenvalue weighted by Gasteiger charge is 2.08. The fraction of sp³-hybridized carbons (Fsp3) is 0.222. The van der Waals surface area contributed by atoms with E-state index in [1.165, 1.54) is 0 Å². The Labute approximate surface area is 139 Å². The van der Waals surface area contributed by atoms with Crippen molar-refractivity contribution in [1.82, 2.24) is 0 Å². The van der Waals surface area contributed by atoms with Crippen molar-refractivity contribution >= 4 is 23.7 Å². The largest absolute Gasteiger partial charge is 0.462 e. The van der Waals surface area contributed by atoms with Gasteiger partial charge in [0.2, 0.25) is 0 Å². The lowest BCUT2D eigenvalue weighted by Gasteiger charge is -2.05. The van der Waals surface area contributed by atoms with Crippen LogP contribution in [0, 0.1) is 0 Å². The highest BCUT2D eigenvalue weighted by Crippen LogP contribution is 2.28. The molecule has 0 amide bonds. The monoisotopic (exact) mass is 330 g/mol. The van der Waals surface area contributed by atoms with Gasteiger partial charge in [0, 0.05) is 9.79 Å². The molecule has 2 aromatic carbocycles. The molecule has 23 heavy (non-hydrogen) atoms. The Morgan fingerprint density at radius 2 is 1.09 bits per heavy atom. The molecule has 0 spiro atoms. The predicted octanol–water partition coefficient (Wildman–Crippen LogP) is 4.19. The van der Waals surface area contributed by atoms with E-state index in [1.54, 1.807) is 49.9 Å². The molecule has 0 saturated heterocycles. The molecule has 5 heteroatoms. The summed E-state index contributed by atoms with van der Waals surface area (Å²) in [5, 5.41) is 0. The van der Waals surface area contributed by atoms with Crippen molar-refractivity contribution in [2.24, 2.45) is 0 Å². The number of hydrogen-bond acceptors (Lipinski definition) is 5. The highest BCUT2D eigenvalue weighted by molar-refractivity contribution is 7.99. The van der Waals surface area contributed by atoms with E-state index in [2.05, 4.69) is 0 Å². The van der Waals surface area contributed by atoms with Gasteiger partial charge < -0.3 is 9.47 Å². The highest BCUT2D eigenvalue weighted by atomic mass is 32.2. The summed E-state index contributed by atoms with van der Waals surface area (Å²) in [7, 11) is 0. The lowest BCUT2D eigenvalue weighted by Crippen LogP contribution is -2.04. The van der Waals surface area contributed by atoms with Gasteiger partial charge in [-0.25, -0.2) is 9.59 Å². The number of benzene rings is 2. The van der Waals surface area contributed by atoms with Crippen molar-refractivity contribution in [1.29, 1.82) is 0 Å². The van der Waals surface area contributed by atoms with Crippen LogP contribution in [0.25, 0.3) is 0 Å². The maximum atomic E-state index is 11.6. The van der Waals surface area contributed by atoms with E-state index < -0.39 is 0 Å². The van der Waals surface area contributed by atoms with Gasteiger partial charge in [0.25, 0.3) is 0 Å². The van der Waals surface area contributed by atoms with Crippen LogP contribution in [0.5, 0.6) is 0 Å². The van der Waals surface area contributed by atoms with E-state index >= 15 is 0 Å². The predicted molar refractivity (Wildman–Crippen MR) is 88.9 cm³/mol. The summed E-state index contributed by atoms with van der Waals surface area (Å²) < 4.78 is 9.90. The first-order chi connectivity index (χ1) is 11.1. The van der Waals surface area contributed by atoms with E-state index in [-0.39, 0.29) is 11.9 Å². The summed E-state index contributed by atoms with van der Waals surface area (Å²) in [6.07, 6.45) is 0. The standard InChI is InChI=1S/C18H18O4S/c1-3-21-17(19)13-5-9-15(10-6-13)23-16-11-7-14(8-12-16)18(20)22-4-2/h5-12H,3-4H2,1-2H3. The molecule has 0 fully saturated rings. The fourth-order valence-electron chi connectivity index (χ4n) is 1.88. The van der Waals surface area contributed by atoms with Crippen LogP contribution in [0.4, 0.5) is 0 Å². The summed E-state index contributed by atoms with van der Waals surface area (Å²) >= 11 is 1.55. The number of esters is 2. The first-order valence-electron chi connectivity index (χ1n) is 7.36. The van der Waals surface area contributed by atoms with Crippen LogP contribution in [0.3, 0.4) is 0 Å². The number of hydrogen-bond donors (Lipinski definition) is 0. The molecule has 0 aliphatic carbocycles. The SMILES string of the molecule is CCOC(=O)c1ccc(Sc2ccc(C(=O)OCC)cc2)cc1. The minimum atomic E-state index is -0.317. The summed E-state index contributed by atoms with van der Waals surface area (Å²) in [6.45, 7) is 4.29. The Morgan fingerprint density at radius 3 is 1.39 bits per heavy atom. The third-order valence-corrected chi connectivity index (χ3v) is 3.98. The number of ether oxygens (including phenoxy) is 2. The molecule has 0 unspecified atom stereocenters. The van der Waals surface area contributed by atoms with Gasteiger partial charge >= 0.3 is 11.9 Å². The number of rotatable bonds is 6. The zero-order valence-electron chi connectivity index (χ0n) is 13.1. The molecule has 0 heterocycles. The molecule has 2 aromatic rings. The van der Waals surface area contributed by atoms with E-state index in [0.717, 1.165) is 9.79 Å². The van der Waals surface area contributed by atoms with Crippen LogP contribution in [0.1, 0.15) is 34.6 Å². The third-order valence-electron chi connectivity index (χ3n) is 2.97. The smallest absolute Gasteiger partial charge is 0.338 e. The number of carbonyl (C=O) groups excluding carboxylic acids is 2. The van der Waals surface area contributed by atoms with Gasteiger partial charge in [-0.1, -0.05) is 11.8 Å². The number of carbonyl (C=O) groups is 2. The van der Waals surface area contributed by atoms with Crippen molar-refractivity contribution in [3.63, 3.8) is 0 Å². The Kier molecular flexibility index (Phi) is 6.23. The third kappa shape index (κ3) is 4.86. The van der Waals surface area contributed by atoms with Gasteiger partial charge in [-0.3, -0.25) is 0 Å². The Bertz CT molecular complexity index is 603. The van der Waals surface area contributed by atoms with Gasteiger partial charge in [-0.2, -0.15) is 0 Å². The van der Waals surface area contributed by atoms with Crippen LogP contribution >= 0.6 is 11.8 Å². The summed E-state index contributed by atoms with van der Waals surface area (Å²) in [6, 6.07) is 14.5. The minimum absolute atomic E-state index is 0.317. The Balaban J connectivity index is 2.02. The molecule has 0 N–H and O–H groups in total. The fourth-order valence-corrected chi connectivity index (χ4v) is 2.70. The van der Waals surface area contributed by atoms with Gasteiger partial charge in [0.15, 0.2) is 0 Å². The molecule has 0 bridgehead atoms. The summed E-state index contributed by atoms with van der Waals surface area (Å²) in [4.78, 5) is 25.2. The zero-order chi connectivity index (χ0) is 16.7. The molecule has 0 aliphatic heterocycles. The van der Waals surface area contributed by atoms with Gasteiger partial charge in [-0.15, -0.1) is 0 Å². The molecular weight excluding hydrogens is 312 g/mol. The van der Waals surface area contributed by atoms with Crippen molar-refractivity contribution in [2.75, 3.05) is 13.2 Å². The Hall–Kier alpha value is -2.27. The average Bonchev–Trinajstić information content (AvgIpc) is 2.56. The van der Waals surface area contributed by atoms with Gasteiger partial charge in [0.1, 0.15) is 0 Å². The second-order valence-corrected chi connectivity index (χ2v) is 5.74. The Morgan fingerprint density at radius 1 is 0.739 bits per heavy atom. The minimum Gasteiger partial charge on any atom is -0.462 e. The molecule has 0 aromatic heterocycles. The second-order valence-electron chi connectivity index (χ2n) is 4.59. The van der Waals surface area contributed by atoms with Crippen LogP contribution < -0.4 is 0 Å². The van der Waals surface area contributed by atoms with Crippen LogP contribution in [0.15, 0.2) is 58.3 Å². The second kappa shape index (κ2) is 8.39. The van der Waals surface area contributed by atoms with E-state index in [4.69, 9.17) is 9.47 Å². The molecule has 0 saturated carbocycles. The van der Waals surface area contributed by atoms with E-state index in [1.807, 2.05) is 24.3 Å². The van der Waals surface area contributed by atoms with E-state index in [0.29, 0.717) is 24.3 Å². The first-order valence-corrected chi connectivity index (χ1v) is 8.18. The average molecular weight is 330 g/mol. The molecule has 4 nitrogen and oxygen atoms in total. The van der Waals surface area contributed by atoms with Crippen molar-refractivity contribution < 1.29 is 19.1 Å². The van der Waals surface area contributed by atoms with Crippen molar-refractivity contribution in [3.05, 3.63) is 59.7 Å². The van der Waals surface area contributed by atoms with Crippen LogP contribution in [-0.2, 0) is 9.47 Å². The quantitative estimate of drug-likeness (QED) is 0.743. The topological polar surface area (TPSA) is 52.6 Å². The van der Waals surface area contributed by atoms with Crippen molar-refractivity contribution in [2.45, 2.75) is 23.6 Å². The lowest BCUT2D eigenvalue weighted by molar-refractivity contribution is 0.0516. The molecule has 2 rings (SSSR count). The first kappa shape index (κ1) is 17.1. The van der Waals surface area contributed by atoms with Crippen molar-refractivity contribution in [3.8, 4) is 0 Å². The van der Waals surface area contributed by atoms with Crippen LogP contribution in [-0.4, -0.2) is 25.2 Å². The van der Waals surface area contributed by atoms with Gasteiger partial charge in [0.05, 0.1) is 24.3 Å².